The average Bonchev–Trinajstić information content (AvgIpc) is 2.82. The number of rotatable bonds is 4. The van der Waals surface area contributed by atoms with Crippen LogP contribution in [-0.4, -0.2) is 36.5 Å². The summed E-state index contributed by atoms with van der Waals surface area (Å²) in [4.78, 5) is 11.9. The molecule has 17 heavy (non-hydrogen) atoms. The van der Waals surface area contributed by atoms with Crippen LogP contribution >= 0.6 is 11.8 Å². The molecule has 1 heterocycles. The summed E-state index contributed by atoms with van der Waals surface area (Å²) in [5.74, 6) is 0.834. The summed E-state index contributed by atoms with van der Waals surface area (Å²) in [7, 11) is 0. The Labute approximate surface area is 108 Å². The van der Waals surface area contributed by atoms with Gasteiger partial charge in [0.15, 0.2) is 0 Å². The SMILES string of the molecule is CSC1CCCC(NC(=O)CC2CCNC2)C1. The number of amides is 1. The van der Waals surface area contributed by atoms with Crippen LogP contribution in [0.25, 0.3) is 0 Å². The van der Waals surface area contributed by atoms with Crippen LogP contribution in [0.2, 0.25) is 0 Å². The van der Waals surface area contributed by atoms with Crippen molar-refractivity contribution in [2.75, 3.05) is 19.3 Å². The van der Waals surface area contributed by atoms with E-state index in [1.807, 2.05) is 11.8 Å². The van der Waals surface area contributed by atoms with Crippen LogP contribution in [0.15, 0.2) is 0 Å². The molecule has 98 valence electrons. The lowest BCUT2D eigenvalue weighted by molar-refractivity contribution is -0.122. The molecule has 3 unspecified atom stereocenters. The van der Waals surface area contributed by atoms with E-state index in [0.29, 0.717) is 18.4 Å². The minimum atomic E-state index is 0.269. The van der Waals surface area contributed by atoms with Gasteiger partial charge < -0.3 is 10.6 Å². The predicted molar refractivity (Wildman–Crippen MR) is 73.3 cm³/mol. The second-order valence-electron chi connectivity index (χ2n) is 5.35. The van der Waals surface area contributed by atoms with Gasteiger partial charge in [0.2, 0.25) is 5.91 Å². The Balaban J connectivity index is 1.70. The van der Waals surface area contributed by atoms with E-state index >= 15 is 0 Å². The van der Waals surface area contributed by atoms with E-state index < -0.39 is 0 Å². The molecule has 2 aliphatic rings. The molecule has 0 aromatic carbocycles. The van der Waals surface area contributed by atoms with Crippen LogP contribution in [0, 0.1) is 5.92 Å². The van der Waals surface area contributed by atoms with E-state index in [0.717, 1.165) is 31.2 Å². The van der Waals surface area contributed by atoms with Gasteiger partial charge in [-0.15, -0.1) is 0 Å². The van der Waals surface area contributed by atoms with Crippen molar-refractivity contribution in [1.29, 1.82) is 0 Å². The van der Waals surface area contributed by atoms with Crippen molar-refractivity contribution in [1.82, 2.24) is 10.6 Å². The average molecular weight is 256 g/mol. The van der Waals surface area contributed by atoms with Crippen molar-refractivity contribution < 1.29 is 4.79 Å². The van der Waals surface area contributed by atoms with Crippen molar-refractivity contribution in [2.24, 2.45) is 5.92 Å². The first-order chi connectivity index (χ1) is 8.28. The van der Waals surface area contributed by atoms with Gasteiger partial charge in [0.25, 0.3) is 0 Å². The van der Waals surface area contributed by atoms with Gasteiger partial charge in [-0.1, -0.05) is 6.42 Å². The fourth-order valence-corrected chi connectivity index (χ4v) is 3.75. The van der Waals surface area contributed by atoms with E-state index in [-0.39, 0.29) is 5.91 Å². The molecule has 0 aromatic heterocycles. The maximum Gasteiger partial charge on any atom is 0.220 e. The summed E-state index contributed by atoms with van der Waals surface area (Å²) in [6, 6.07) is 0.433. The summed E-state index contributed by atoms with van der Waals surface area (Å²) in [6.45, 7) is 2.10. The highest BCUT2D eigenvalue weighted by Crippen LogP contribution is 2.27. The first-order valence-corrected chi connectivity index (χ1v) is 8.09. The Kier molecular flexibility index (Phi) is 5.16. The molecular weight excluding hydrogens is 232 g/mol. The molecule has 0 radical (unpaired) electrons. The third-order valence-corrected chi connectivity index (χ3v) is 5.06. The fourth-order valence-electron chi connectivity index (χ4n) is 2.93. The maximum absolute atomic E-state index is 11.9. The Morgan fingerprint density at radius 3 is 3.00 bits per heavy atom. The molecule has 4 heteroatoms. The Bertz CT molecular complexity index is 254. The van der Waals surface area contributed by atoms with Crippen molar-refractivity contribution in [3.63, 3.8) is 0 Å². The quantitative estimate of drug-likeness (QED) is 0.805. The van der Waals surface area contributed by atoms with E-state index in [9.17, 15) is 4.79 Å². The number of thioether (sulfide) groups is 1. The monoisotopic (exact) mass is 256 g/mol. The van der Waals surface area contributed by atoms with E-state index in [1.54, 1.807) is 0 Å². The van der Waals surface area contributed by atoms with Crippen LogP contribution in [-0.2, 0) is 4.79 Å². The predicted octanol–water partition coefficient (Wildman–Crippen LogP) is 1.78. The molecule has 1 saturated heterocycles. The minimum absolute atomic E-state index is 0.269. The fraction of sp³-hybridized carbons (Fsp3) is 0.923. The Morgan fingerprint density at radius 1 is 1.41 bits per heavy atom. The Morgan fingerprint density at radius 2 is 2.29 bits per heavy atom. The Hall–Kier alpha value is -0.220. The molecule has 2 N–H and O–H groups in total. The van der Waals surface area contributed by atoms with Crippen LogP contribution in [0.1, 0.15) is 38.5 Å². The third kappa shape index (κ3) is 4.18. The molecule has 1 aliphatic heterocycles. The highest BCUT2D eigenvalue weighted by molar-refractivity contribution is 7.99. The highest BCUT2D eigenvalue weighted by Gasteiger charge is 2.24. The standard InChI is InChI=1S/C13H24N2OS/c1-17-12-4-2-3-11(8-12)15-13(16)7-10-5-6-14-9-10/h10-12,14H,2-9H2,1H3,(H,15,16). The molecule has 3 atom stereocenters. The van der Waals surface area contributed by atoms with Gasteiger partial charge in [-0.2, -0.15) is 11.8 Å². The lowest BCUT2D eigenvalue weighted by atomic mass is 9.94. The molecule has 0 spiro atoms. The number of hydrogen-bond donors (Lipinski definition) is 2. The van der Waals surface area contributed by atoms with Gasteiger partial charge in [0, 0.05) is 17.7 Å². The third-order valence-electron chi connectivity index (χ3n) is 3.96. The molecule has 0 bridgehead atoms. The van der Waals surface area contributed by atoms with Gasteiger partial charge in [0.05, 0.1) is 0 Å². The second-order valence-corrected chi connectivity index (χ2v) is 6.49. The van der Waals surface area contributed by atoms with Crippen molar-refractivity contribution in [2.45, 2.75) is 49.8 Å². The lowest BCUT2D eigenvalue weighted by Crippen LogP contribution is -2.39. The molecule has 1 aliphatic carbocycles. The van der Waals surface area contributed by atoms with Crippen molar-refractivity contribution in [3.05, 3.63) is 0 Å². The minimum Gasteiger partial charge on any atom is -0.353 e. The lowest BCUT2D eigenvalue weighted by Gasteiger charge is -2.29. The van der Waals surface area contributed by atoms with Crippen LogP contribution < -0.4 is 10.6 Å². The topological polar surface area (TPSA) is 41.1 Å². The molecule has 0 aromatic rings. The van der Waals surface area contributed by atoms with Crippen molar-refractivity contribution in [3.8, 4) is 0 Å². The van der Waals surface area contributed by atoms with E-state index in [4.69, 9.17) is 0 Å². The van der Waals surface area contributed by atoms with Gasteiger partial charge in [-0.05, 0) is 50.9 Å². The first kappa shape index (κ1) is 13.2. The highest BCUT2D eigenvalue weighted by atomic mass is 32.2. The first-order valence-electron chi connectivity index (χ1n) is 6.81. The number of carbonyl (C=O) groups is 1. The van der Waals surface area contributed by atoms with Gasteiger partial charge in [-0.25, -0.2) is 0 Å². The van der Waals surface area contributed by atoms with Gasteiger partial charge in [0.1, 0.15) is 0 Å². The summed E-state index contributed by atoms with van der Waals surface area (Å²) in [6.07, 6.45) is 8.97. The normalized spacial score (nSPS) is 33.6. The van der Waals surface area contributed by atoms with Crippen LogP contribution in [0.3, 0.4) is 0 Å². The molecule has 2 rings (SSSR count). The molecular formula is C13H24N2OS. The molecule has 3 nitrogen and oxygen atoms in total. The molecule has 2 fully saturated rings. The van der Waals surface area contributed by atoms with Crippen molar-refractivity contribution >= 4 is 17.7 Å². The summed E-state index contributed by atoms with van der Waals surface area (Å²) in [5.41, 5.74) is 0. The number of hydrogen-bond acceptors (Lipinski definition) is 3. The van der Waals surface area contributed by atoms with Crippen LogP contribution in [0.4, 0.5) is 0 Å². The zero-order valence-electron chi connectivity index (χ0n) is 10.7. The summed E-state index contributed by atoms with van der Waals surface area (Å²) >= 11 is 1.95. The summed E-state index contributed by atoms with van der Waals surface area (Å²) in [5, 5.41) is 7.30. The van der Waals surface area contributed by atoms with E-state index in [2.05, 4.69) is 16.9 Å². The number of carbonyl (C=O) groups excluding carboxylic acids is 1. The van der Waals surface area contributed by atoms with E-state index in [1.165, 1.54) is 19.3 Å². The smallest absolute Gasteiger partial charge is 0.220 e. The zero-order valence-corrected chi connectivity index (χ0v) is 11.5. The molecule has 1 saturated carbocycles. The zero-order chi connectivity index (χ0) is 12.1. The number of nitrogens with one attached hydrogen (secondary N) is 2. The largest absolute Gasteiger partial charge is 0.353 e. The van der Waals surface area contributed by atoms with Gasteiger partial charge in [-0.3, -0.25) is 4.79 Å². The molecule has 1 amide bonds. The van der Waals surface area contributed by atoms with Gasteiger partial charge >= 0.3 is 0 Å². The summed E-state index contributed by atoms with van der Waals surface area (Å²) < 4.78 is 0. The second kappa shape index (κ2) is 6.64. The van der Waals surface area contributed by atoms with Crippen LogP contribution in [0.5, 0.6) is 0 Å². The maximum atomic E-state index is 11.9.